The van der Waals surface area contributed by atoms with Crippen LogP contribution in [-0.4, -0.2) is 58.4 Å². The van der Waals surface area contributed by atoms with Crippen molar-refractivity contribution in [1.29, 1.82) is 0 Å². The smallest absolute Gasteiger partial charge is 0.146 e. The number of nitrogens with one attached hydrogen (secondary N) is 1. The van der Waals surface area contributed by atoms with Crippen LogP contribution in [0, 0.1) is 5.82 Å². The van der Waals surface area contributed by atoms with Crippen LogP contribution >= 0.6 is 0 Å². The molecule has 1 aromatic rings. The molecule has 0 bridgehead atoms. The first kappa shape index (κ1) is 15.2. The van der Waals surface area contributed by atoms with Crippen molar-refractivity contribution in [2.75, 3.05) is 58.4 Å². The van der Waals surface area contributed by atoms with Gasteiger partial charge in [-0.05, 0) is 24.7 Å². The van der Waals surface area contributed by atoms with Crippen LogP contribution in [0.15, 0.2) is 18.2 Å². The fraction of sp³-hybridized carbons (Fsp3) is 0.600. The van der Waals surface area contributed by atoms with Crippen LogP contribution < -0.4 is 10.2 Å². The second kappa shape index (κ2) is 7.57. The Morgan fingerprint density at radius 2 is 2.10 bits per heavy atom. The van der Waals surface area contributed by atoms with Gasteiger partial charge in [0.25, 0.3) is 0 Å². The van der Waals surface area contributed by atoms with Crippen molar-refractivity contribution in [3.8, 4) is 0 Å². The van der Waals surface area contributed by atoms with E-state index in [1.54, 1.807) is 6.07 Å². The van der Waals surface area contributed by atoms with Gasteiger partial charge in [0.2, 0.25) is 0 Å². The molecular formula is C15H24FN3O. The number of halogens is 1. The summed E-state index contributed by atoms with van der Waals surface area (Å²) in [6.45, 7) is 5.95. The highest BCUT2D eigenvalue weighted by Gasteiger charge is 2.13. The molecule has 1 saturated heterocycles. The third-order valence-electron chi connectivity index (χ3n) is 3.63. The number of anilines is 1. The Bertz CT molecular complexity index is 422. The summed E-state index contributed by atoms with van der Waals surface area (Å²) in [6, 6.07) is 5.40. The lowest BCUT2D eigenvalue weighted by molar-refractivity contribution is 0.0342. The maximum absolute atomic E-state index is 13.9. The molecule has 0 saturated carbocycles. The lowest BCUT2D eigenvalue weighted by Gasteiger charge is -2.27. The van der Waals surface area contributed by atoms with E-state index in [1.165, 1.54) is 0 Å². The van der Waals surface area contributed by atoms with E-state index < -0.39 is 0 Å². The van der Waals surface area contributed by atoms with Gasteiger partial charge in [-0.1, -0.05) is 6.07 Å². The summed E-state index contributed by atoms with van der Waals surface area (Å²) in [5.74, 6) is -0.158. The van der Waals surface area contributed by atoms with E-state index in [0.29, 0.717) is 5.69 Å². The van der Waals surface area contributed by atoms with Gasteiger partial charge < -0.3 is 15.0 Å². The molecule has 20 heavy (non-hydrogen) atoms. The summed E-state index contributed by atoms with van der Waals surface area (Å²) in [5.41, 5.74) is 1.82. The van der Waals surface area contributed by atoms with Crippen molar-refractivity contribution in [2.24, 2.45) is 0 Å². The SMILES string of the molecule is CNCCN(C)c1cc(CN2CCOCC2)ccc1F. The zero-order valence-corrected chi connectivity index (χ0v) is 12.4. The lowest BCUT2D eigenvalue weighted by Crippen LogP contribution is -2.35. The van der Waals surface area contributed by atoms with E-state index in [9.17, 15) is 4.39 Å². The molecule has 1 heterocycles. The van der Waals surface area contributed by atoms with Crippen molar-refractivity contribution in [2.45, 2.75) is 6.54 Å². The zero-order chi connectivity index (χ0) is 14.4. The maximum atomic E-state index is 13.9. The molecule has 1 N–H and O–H groups in total. The molecular weight excluding hydrogens is 257 g/mol. The van der Waals surface area contributed by atoms with Gasteiger partial charge in [-0.25, -0.2) is 4.39 Å². The molecule has 4 nitrogen and oxygen atoms in total. The van der Waals surface area contributed by atoms with E-state index in [1.807, 2.05) is 31.1 Å². The third-order valence-corrected chi connectivity index (χ3v) is 3.63. The quantitative estimate of drug-likeness (QED) is 0.851. The lowest BCUT2D eigenvalue weighted by atomic mass is 10.1. The minimum Gasteiger partial charge on any atom is -0.379 e. The number of rotatable bonds is 6. The fourth-order valence-corrected chi connectivity index (χ4v) is 2.37. The molecule has 0 amide bonds. The van der Waals surface area contributed by atoms with E-state index >= 15 is 0 Å². The summed E-state index contributed by atoms with van der Waals surface area (Å²) >= 11 is 0. The molecule has 0 aliphatic carbocycles. The molecule has 0 atom stereocenters. The molecule has 1 aromatic carbocycles. The van der Waals surface area contributed by atoms with E-state index in [-0.39, 0.29) is 5.82 Å². The summed E-state index contributed by atoms with van der Waals surface area (Å²) in [6.07, 6.45) is 0. The molecule has 0 spiro atoms. The number of nitrogens with zero attached hydrogens (tertiary/aromatic N) is 2. The number of benzene rings is 1. The maximum Gasteiger partial charge on any atom is 0.146 e. The van der Waals surface area contributed by atoms with Crippen LogP contribution in [0.25, 0.3) is 0 Å². The Morgan fingerprint density at radius 3 is 2.80 bits per heavy atom. The van der Waals surface area contributed by atoms with Crippen LogP contribution in [0.3, 0.4) is 0 Å². The topological polar surface area (TPSA) is 27.7 Å². The van der Waals surface area contributed by atoms with Crippen LogP contribution in [0.2, 0.25) is 0 Å². The predicted molar refractivity (Wildman–Crippen MR) is 79.7 cm³/mol. The molecule has 0 unspecified atom stereocenters. The van der Waals surface area contributed by atoms with Gasteiger partial charge in [-0.15, -0.1) is 0 Å². The second-order valence-electron chi connectivity index (χ2n) is 5.20. The molecule has 2 rings (SSSR count). The van der Waals surface area contributed by atoms with Crippen molar-refractivity contribution in [3.63, 3.8) is 0 Å². The van der Waals surface area contributed by atoms with Gasteiger partial charge in [-0.2, -0.15) is 0 Å². The van der Waals surface area contributed by atoms with Gasteiger partial charge >= 0.3 is 0 Å². The number of hydrogen-bond acceptors (Lipinski definition) is 4. The molecule has 0 radical (unpaired) electrons. The highest BCUT2D eigenvalue weighted by Crippen LogP contribution is 2.21. The van der Waals surface area contributed by atoms with Gasteiger partial charge in [0.15, 0.2) is 0 Å². The molecule has 5 heteroatoms. The number of hydrogen-bond donors (Lipinski definition) is 1. The van der Waals surface area contributed by atoms with Gasteiger partial charge in [0.05, 0.1) is 18.9 Å². The number of likely N-dealkylation sites (N-methyl/N-ethyl adjacent to an activating group) is 2. The fourth-order valence-electron chi connectivity index (χ4n) is 2.37. The first-order valence-electron chi connectivity index (χ1n) is 7.15. The number of morpholine rings is 1. The molecule has 0 aromatic heterocycles. The average molecular weight is 281 g/mol. The van der Waals surface area contributed by atoms with E-state index in [4.69, 9.17) is 4.74 Å². The molecule has 1 aliphatic rings. The minimum absolute atomic E-state index is 0.158. The van der Waals surface area contributed by atoms with Gasteiger partial charge in [0.1, 0.15) is 5.82 Å². The largest absolute Gasteiger partial charge is 0.379 e. The average Bonchev–Trinajstić information content (AvgIpc) is 2.48. The van der Waals surface area contributed by atoms with Crippen molar-refractivity contribution in [1.82, 2.24) is 10.2 Å². The van der Waals surface area contributed by atoms with Gasteiger partial charge in [-0.3, -0.25) is 4.90 Å². The van der Waals surface area contributed by atoms with Crippen molar-refractivity contribution < 1.29 is 9.13 Å². The zero-order valence-electron chi connectivity index (χ0n) is 12.4. The Morgan fingerprint density at radius 1 is 1.35 bits per heavy atom. The molecule has 1 aliphatic heterocycles. The second-order valence-corrected chi connectivity index (χ2v) is 5.20. The van der Waals surface area contributed by atoms with E-state index in [2.05, 4.69) is 10.2 Å². The first-order valence-corrected chi connectivity index (χ1v) is 7.15. The normalized spacial score (nSPS) is 16.4. The van der Waals surface area contributed by atoms with Crippen LogP contribution in [-0.2, 0) is 11.3 Å². The highest BCUT2D eigenvalue weighted by molar-refractivity contribution is 5.49. The Kier molecular flexibility index (Phi) is 5.76. The van der Waals surface area contributed by atoms with Crippen LogP contribution in [0.5, 0.6) is 0 Å². The summed E-state index contributed by atoms with van der Waals surface area (Å²) in [7, 11) is 3.83. The van der Waals surface area contributed by atoms with Gasteiger partial charge in [0, 0.05) is 39.8 Å². The minimum atomic E-state index is -0.158. The number of ether oxygens (including phenoxy) is 1. The Labute approximate surface area is 120 Å². The summed E-state index contributed by atoms with van der Waals surface area (Å²) in [5, 5.41) is 3.08. The Hall–Kier alpha value is -1.17. The third kappa shape index (κ3) is 4.16. The highest BCUT2D eigenvalue weighted by atomic mass is 19.1. The predicted octanol–water partition coefficient (Wildman–Crippen LogP) is 1.31. The van der Waals surface area contributed by atoms with Crippen molar-refractivity contribution >= 4 is 5.69 Å². The summed E-state index contributed by atoms with van der Waals surface area (Å²) in [4.78, 5) is 4.29. The van der Waals surface area contributed by atoms with Crippen LogP contribution in [0.4, 0.5) is 10.1 Å². The first-order chi connectivity index (χ1) is 9.70. The monoisotopic (exact) mass is 281 g/mol. The molecule has 112 valence electrons. The van der Waals surface area contributed by atoms with E-state index in [0.717, 1.165) is 51.5 Å². The molecule has 1 fully saturated rings. The Balaban J connectivity index is 2.03. The van der Waals surface area contributed by atoms with Crippen molar-refractivity contribution in [3.05, 3.63) is 29.6 Å². The van der Waals surface area contributed by atoms with Crippen LogP contribution in [0.1, 0.15) is 5.56 Å². The summed E-state index contributed by atoms with van der Waals surface area (Å²) < 4.78 is 19.3. The standard InChI is InChI=1S/C15H24FN3O/c1-17-5-6-18(2)15-11-13(3-4-14(15)16)12-19-7-9-20-10-8-19/h3-4,11,17H,5-10,12H2,1-2H3.